The van der Waals surface area contributed by atoms with Crippen molar-refractivity contribution in [2.24, 2.45) is 0 Å². The second-order valence-electron chi connectivity index (χ2n) is 3.50. The Kier molecular flexibility index (Phi) is 6.15. The van der Waals surface area contributed by atoms with E-state index in [0.29, 0.717) is 19.8 Å². The predicted molar refractivity (Wildman–Crippen MR) is 66.5 cm³/mol. The van der Waals surface area contributed by atoms with Gasteiger partial charge in [0, 0.05) is 25.3 Å². The van der Waals surface area contributed by atoms with Gasteiger partial charge in [-0.05, 0) is 13.8 Å². The van der Waals surface area contributed by atoms with Crippen LogP contribution in [0.2, 0.25) is 0 Å². The Morgan fingerprint density at radius 3 is 2.18 bits per heavy atom. The third kappa shape index (κ3) is 3.78. The Morgan fingerprint density at radius 1 is 1.12 bits per heavy atom. The number of ether oxygens (including phenoxy) is 2. The lowest BCUT2D eigenvalue weighted by molar-refractivity contribution is -0.263. The maximum absolute atomic E-state index is 8.94. The molecule has 0 saturated carbocycles. The Morgan fingerprint density at radius 2 is 1.71 bits per heavy atom. The minimum absolute atomic E-state index is 0.0364. The van der Waals surface area contributed by atoms with Gasteiger partial charge in [-0.15, -0.1) is 0 Å². The van der Waals surface area contributed by atoms with E-state index in [-0.39, 0.29) is 6.61 Å². The summed E-state index contributed by atoms with van der Waals surface area (Å²) in [6.07, 6.45) is 0. The molecule has 96 valence electrons. The van der Waals surface area contributed by atoms with Crippen molar-refractivity contribution in [2.75, 3.05) is 26.4 Å². The van der Waals surface area contributed by atoms with Crippen molar-refractivity contribution in [3.63, 3.8) is 0 Å². The highest BCUT2D eigenvalue weighted by Crippen LogP contribution is 2.24. The topological polar surface area (TPSA) is 50.7 Å². The van der Waals surface area contributed by atoms with E-state index >= 15 is 0 Å². The first-order valence-electron chi connectivity index (χ1n) is 5.98. The van der Waals surface area contributed by atoms with Crippen molar-refractivity contribution in [3.8, 4) is 0 Å². The molecule has 0 heterocycles. The molecule has 0 saturated heterocycles. The first-order chi connectivity index (χ1) is 8.29. The molecule has 0 radical (unpaired) electrons. The maximum atomic E-state index is 8.94. The lowest BCUT2D eigenvalue weighted by Gasteiger charge is -2.34. The number of aliphatic hydroxyl groups is 1. The highest BCUT2D eigenvalue weighted by atomic mass is 16.7. The minimum Gasteiger partial charge on any atom is -0.395 e. The van der Waals surface area contributed by atoms with Crippen molar-refractivity contribution in [3.05, 3.63) is 35.9 Å². The van der Waals surface area contributed by atoms with Gasteiger partial charge in [0.05, 0.1) is 6.61 Å². The zero-order valence-corrected chi connectivity index (χ0v) is 10.5. The van der Waals surface area contributed by atoms with Crippen LogP contribution in [0, 0.1) is 0 Å². The quantitative estimate of drug-likeness (QED) is 0.674. The molecule has 2 N–H and O–H groups in total. The Bertz CT molecular complexity index is 297. The summed E-state index contributed by atoms with van der Waals surface area (Å²) in [5, 5.41) is 12.0. The molecule has 0 spiro atoms. The summed E-state index contributed by atoms with van der Waals surface area (Å²) in [5.74, 6) is -0.965. The molecule has 4 heteroatoms. The largest absolute Gasteiger partial charge is 0.395 e. The molecule has 0 unspecified atom stereocenters. The molecule has 17 heavy (non-hydrogen) atoms. The average Bonchev–Trinajstić information content (AvgIpc) is 2.37. The monoisotopic (exact) mass is 239 g/mol. The SMILES string of the molecule is CCOC(NCCO)(OCC)c1ccccc1. The van der Waals surface area contributed by atoms with Gasteiger partial charge in [0.15, 0.2) is 0 Å². The van der Waals surface area contributed by atoms with E-state index in [1.807, 2.05) is 44.2 Å². The normalized spacial score (nSPS) is 11.7. The van der Waals surface area contributed by atoms with Gasteiger partial charge >= 0.3 is 0 Å². The van der Waals surface area contributed by atoms with Gasteiger partial charge in [0.2, 0.25) is 0 Å². The fourth-order valence-corrected chi connectivity index (χ4v) is 1.70. The molecule has 0 aromatic heterocycles. The minimum atomic E-state index is -0.965. The van der Waals surface area contributed by atoms with E-state index < -0.39 is 5.91 Å². The highest BCUT2D eigenvalue weighted by Gasteiger charge is 2.32. The first-order valence-corrected chi connectivity index (χ1v) is 5.98. The van der Waals surface area contributed by atoms with Crippen LogP contribution >= 0.6 is 0 Å². The molecule has 0 amide bonds. The molecule has 4 nitrogen and oxygen atoms in total. The van der Waals surface area contributed by atoms with Crippen LogP contribution in [0.5, 0.6) is 0 Å². The summed E-state index contributed by atoms with van der Waals surface area (Å²) < 4.78 is 11.4. The van der Waals surface area contributed by atoms with E-state index in [1.165, 1.54) is 0 Å². The second kappa shape index (κ2) is 7.40. The van der Waals surface area contributed by atoms with Gasteiger partial charge in [-0.25, -0.2) is 0 Å². The number of nitrogens with one attached hydrogen (secondary N) is 1. The van der Waals surface area contributed by atoms with Gasteiger partial charge in [-0.3, -0.25) is 5.32 Å². The van der Waals surface area contributed by atoms with Gasteiger partial charge < -0.3 is 14.6 Å². The van der Waals surface area contributed by atoms with E-state index in [0.717, 1.165) is 5.56 Å². The van der Waals surface area contributed by atoms with Crippen LogP contribution in [-0.4, -0.2) is 31.5 Å². The fraction of sp³-hybridized carbons (Fsp3) is 0.538. The molecule has 0 fully saturated rings. The van der Waals surface area contributed by atoms with Crippen LogP contribution in [0.3, 0.4) is 0 Å². The molecule has 1 rings (SSSR count). The number of rotatable bonds is 8. The number of benzene rings is 1. The average molecular weight is 239 g/mol. The third-order valence-corrected chi connectivity index (χ3v) is 2.32. The van der Waals surface area contributed by atoms with E-state index in [1.54, 1.807) is 0 Å². The molecule has 0 atom stereocenters. The maximum Gasteiger partial charge on any atom is 0.255 e. The summed E-state index contributed by atoms with van der Waals surface area (Å²) in [7, 11) is 0. The molecule has 0 aliphatic rings. The van der Waals surface area contributed by atoms with Gasteiger partial charge in [0.25, 0.3) is 5.91 Å². The molecule has 0 aliphatic carbocycles. The van der Waals surface area contributed by atoms with Gasteiger partial charge in [-0.1, -0.05) is 30.3 Å². The highest BCUT2D eigenvalue weighted by molar-refractivity contribution is 5.19. The van der Waals surface area contributed by atoms with Crippen molar-refractivity contribution in [2.45, 2.75) is 19.8 Å². The summed E-state index contributed by atoms with van der Waals surface area (Å²) >= 11 is 0. The van der Waals surface area contributed by atoms with Crippen molar-refractivity contribution >= 4 is 0 Å². The molecular weight excluding hydrogens is 218 g/mol. The fourth-order valence-electron chi connectivity index (χ4n) is 1.70. The Labute approximate surface area is 103 Å². The number of aliphatic hydroxyl groups excluding tert-OH is 1. The van der Waals surface area contributed by atoms with Crippen LogP contribution in [-0.2, 0) is 15.4 Å². The zero-order chi connectivity index (χ0) is 12.6. The Hall–Kier alpha value is -0.940. The molecule has 1 aromatic rings. The van der Waals surface area contributed by atoms with Crippen LogP contribution in [0.4, 0.5) is 0 Å². The lowest BCUT2D eigenvalue weighted by Crippen LogP contribution is -2.48. The van der Waals surface area contributed by atoms with Crippen LogP contribution in [0.1, 0.15) is 19.4 Å². The second-order valence-corrected chi connectivity index (χ2v) is 3.50. The van der Waals surface area contributed by atoms with Gasteiger partial charge in [-0.2, -0.15) is 0 Å². The first kappa shape index (κ1) is 14.1. The third-order valence-electron chi connectivity index (χ3n) is 2.32. The number of hydrogen-bond acceptors (Lipinski definition) is 4. The predicted octanol–water partition coefficient (Wildman–Crippen LogP) is 1.45. The summed E-state index contributed by atoms with van der Waals surface area (Å²) in [6, 6.07) is 9.69. The molecule has 0 aliphatic heterocycles. The standard InChI is InChI=1S/C13H21NO3/c1-3-16-13(17-4-2,14-10-11-15)12-8-6-5-7-9-12/h5-9,14-15H,3-4,10-11H2,1-2H3. The summed E-state index contributed by atoms with van der Waals surface area (Å²) in [6.45, 7) is 5.32. The smallest absolute Gasteiger partial charge is 0.255 e. The lowest BCUT2D eigenvalue weighted by atomic mass is 10.1. The molecule has 1 aromatic carbocycles. The van der Waals surface area contributed by atoms with Gasteiger partial charge in [0.1, 0.15) is 0 Å². The van der Waals surface area contributed by atoms with E-state index in [2.05, 4.69) is 5.32 Å². The number of hydrogen-bond donors (Lipinski definition) is 2. The molecule has 0 bridgehead atoms. The summed E-state index contributed by atoms with van der Waals surface area (Å²) in [4.78, 5) is 0. The van der Waals surface area contributed by atoms with Crippen molar-refractivity contribution < 1.29 is 14.6 Å². The van der Waals surface area contributed by atoms with Crippen LogP contribution in [0.25, 0.3) is 0 Å². The van der Waals surface area contributed by atoms with Crippen molar-refractivity contribution in [1.82, 2.24) is 5.32 Å². The van der Waals surface area contributed by atoms with E-state index in [9.17, 15) is 0 Å². The Balaban J connectivity index is 2.95. The summed E-state index contributed by atoms with van der Waals surface area (Å²) in [5.41, 5.74) is 0.900. The zero-order valence-electron chi connectivity index (χ0n) is 10.5. The van der Waals surface area contributed by atoms with Crippen LogP contribution < -0.4 is 5.32 Å². The van der Waals surface area contributed by atoms with E-state index in [4.69, 9.17) is 14.6 Å². The molecular formula is C13H21NO3. The van der Waals surface area contributed by atoms with Crippen LogP contribution in [0.15, 0.2) is 30.3 Å². The van der Waals surface area contributed by atoms with Crippen molar-refractivity contribution in [1.29, 1.82) is 0 Å².